The number of benzene rings is 4. The fourth-order valence-corrected chi connectivity index (χ4v) is 4.32. The van der Waals surface area contributed by atoms with Gasteiger partial charge in [0.15, 0.2) is 0 Å². The molecule has 0 spiro atoms. The normalized spacial score (nSPS) is 14.4. The molecule has 6 heteroatoms. The van der Waals surface area contributed by atoms with Crippen LogP contribution in [0.2, 0.25) is 0 Å². The zero-order valence-corrected chi connectivity index (χ0v) is 16.4. The maximum absolute atomic E-state index is 12.0. The first-order valence-corrected chi connectivity index (χ1v) is 9.85. The van der Waals surface area contributed by atoms with E-state index in [-0.39, 0.29) is 22.3 Å². The molecule has 2 aliphatic heterocycles. The van der Waals surface area contributed by atoms with Gasteiger partial charge in [-0.2, -0.15) is 0 Å². The highest BCUT2D eigenvalue weighted by Gasteiger charge is 2.31. The van der Waals surface area contributed by atoms with Gasteiger partial charge < -0.3 is 9.47 Å². The van der Waals surface area contributed by atoms with Gasteiger partial charge in [0.05, 0.1) is 22.3 Å². The van der Waals surface area contributed by atoms with E-state index in [9.17, 15) is 19.2 Å². The number of esters is 4. The monoisotopic (exact) mass is 420 g/mol. The molecule has 32 heavy (non-hydrogen) atoms. The Morgan fingerprint density at radius 1 is 0.406 bits per heavy atom. The lowest BCUT2D eigenvalue weighted by Crippen LogP contribution is -1.96. The number of carbonyl (C=O) groups excluding carboxylic acids is 4. The second-order valence-corrected chi connectivity index (χ2v) is 7.58. The van der Waals surface area contributed by atoms with Crippen molar-refractivity contribution in [1.29, 1.82) is 0 Å². The molecule has 4 aromatic carbocycles. The molecule has 0 saturated heterocycles. The van der Waals surface area contributed by atoms with E-state index in [1.54, 1.807) is 36.4 Å². The molecule has 2 heterocycles. The summed E-state index contributed by atoms with van der Waals surface area (Å²) < 4.78 is 9.40. The fraction of sp³-hybridized carbons (Fsp3) is 0. The van der Waals surface area contributed by atoms with Crippen LogP contribution in [0.3, 0.4) is 0 Å². The van der Waals surface area contributed by atoms with Crippen molar-refractivity contribution in [2.24, 2.45) is 0 Å². The number of carbonyl (C=O) groups is 4. The zero-order chi connectivity index (χ0) is 22.0. The summed E-state index contributed by atoms with van der Waals surface area (Å²) in [6, 6.07) is 21.7. The predicted octanol–water partition coefficient (Wildman–Crippen LogP) is 4.80. The summed E-state index contributed by atoms with van der Waals surface area (Å²) >= 11 is 0. The van der Waals surface area contributed by atoms with Crippen molar-refractivity contribution in [1.82, 2.24) is 0 Å². The number of hydrogen-bond acceptors (Lipinski definition) is 6. The van der Waals surface area contributed by atoms with Crippen LogP contribution in [0.25, 0.3) is 33.0 Å². The van der Waals surface area contributed by atoms with E-state index in [2.05, 4.69) is 0 Å². The summed E-state index contributed by atoms with van der Waals surface area (Å²) in [4.78, 5) is 47.5. The van der Waals surface area contributed by atoms with Crippen LogP contribution in [0.5, 0.6) is 0 Å². The van der Waals surface area contributed by atoms with Crippen molar-refractivity contribution >= 4 is 34.6 Å². The molecule has 0 N–H and O–H groups in total. The molecular weight excluding hydrogens is 408 g/mol. The van der Waals surface area contributed by atoms with Gasteiger partial charge in [0.1, 0.15) is 0 Å². The van der Waals surface area contributed by atoms with Crippen LogP contribution in [0, 0.1) is 0 Å². The minimum Gasteiger partial charge on any atom is -0.386 e. The van der Waals surface area contributed by atoms with Crippen LogP contribution in [0.1, 0.15) is 41.4 Å². The van der Waals surface area contributed by atoms with Crippen LogP contribution >= 0.6 is 0 Å². The van der Waals surface area contributed by atoms with E-state index >= 15 is 0 Å². The third kappa shape index (κ3) is 2.53. The number of cyclic esters (lactones) is 4. The van der Waals surface area contributed by atoms with Crippen molar-refractivity contribution in [2.75, 3.05) is 0 Å². The molecule has 0 atom stereocenters. The molecule has 0 aliphatic carbocycles. The molecular formula is C26H12O6. The van der Waals surface area contributed by atoms with Crippen LogP contribution in [-0.2, 0) is 9.47 Å². The van der Waals surface area contributed by atoms with Gasteiger partial charge in [-0.25, -0.2) is 19.2 Å². The van der Waals surface area contributed by atoms with Crippen LogP contribution < -0.4 is 0 Å². The average Bonchev–Trinajstić information content (AvgIpc) is 3.26. The van der Waals surface area contributed by atoms with Gasteiger partial charge in [0.25, 0.3) is 0 Å². The quantitative estimate of drug-likeness (QED) is 0.342. The molecule has 4 aromatic rings. The van der Waals surface area contributed by atoms with Gasteiger partial charge in [0, 0.05) is 0 Å². The Balaban J connectivity index is 1.53. The highest BCUT2D eigenvalue weighted by Crippen LogP contribution is 2.37. The molecule has 0 bridgehead atoms. The molecule has 2 aliphatic rings. The topological polar surface area (TPSA) is 86.7 Å². The first-order valence-electron chi connectivity index (χ1n) is 9.85. The Bertz CT molecular complexity index is 1430. The van der Waals surface area contributed by atoms with Crippen LogP contribution in [-0.4, -0.2) is 23.9 Å². The Morgan fingerprint density at radius 2 is 0.812 bits per heavy atom. The highest BCUT2D eigenvalue weighted by molar-refractivity contribution is 6.17. The van der Waals surface area contributed by atoms with E-state index in [4.69, 9.17) is 9.47 Å². The Morgan fingerprint density at radius 3 is 1.25 bits per heavy atom. The minimum absolute atomic E-state index is 0.252. The average molecular weight is 420 g/mol. The number of fused-ring (bicyclic) bond motifs is 3. The van der Waals surface area contributed by atoms with Gasteiger partial charge in [-0.3, -0.25) is 0 Å². The van der Waals surface area contributed by atoms with Crippen LogP contribution in [0.4, 0.5) is 0 Å². The largest absolute Gasteiger partial charge is 0.386 e. The van der Waals surface area contributed by atoms with Crippen molar-refractivity contribution in [3.63, 3.8) is 0 Å². The van der Waals surface area contributed by atoms with Crippen molar-refractivity contribution < 1.29 is 28.7 Å². The Kier molecular flexibility index (Phi) is 3.67. The third-order valence-corrected chi connectivity index (χ3v) is 5.83. The van der Waals surface area contributed by atoms with Gasteiger partial charge in [0.2, 0.25) is 0 Å². The summed E-state index contributed by atoms with van der Waals surface area (Å²) in [5, 5.41) is 1.86. The first-order chi connectivity index (χ1) is 15.5. The van der Waals surface area contributed by atoms with Gasteiger partial charge in [-0.05, 0) is 57.3 Å². The first kappa shape index (κ1) is 18.2. The minimum atomic E-state index is -0.646. The zero-order valence-electron chi connectivity index (χ0n) is 16.4. The molecule has 0 saturated carbocycles. The second-order valence-electron chi connectivity index (χ2n) is 7.58. The maximum Gasteiger partial charge on any atom is 0.346 e. The molecule has 0 aromatic heterocycles. The molecule has 152 valence electrons. The van der Waals surface area contributed by atoms with E-state index in [0.717, 1.165) is 33.0 Å². The SMILES string of the molecule is O=C1OC(=O)c2cc(-c3cccc4c(-c5ccc6c(c5)C(=O)OC6=O)cccc34)ccc21. The third-order valence-electron chi connectivity index (χ3n) is 5.83. The molecule has 0 radical (unpaired) electrons. The molecule has 0 amide bonds. The number of ether oxygens (including phenoxy) is 2. The highest BCUT2D eigenvalue weighted by atomic mass is 16.6. The van der Waals surface area contributed by atoms with Gasteiger partial charge in [-0.1, -0.05) is 48.5 Å². The number of hydrogen-bond donors (Lipinski definition) is 0. The maximum atomic E-state index is 12.0. The second kappa shape index (κ2) is 6.46. The predicted molar refractivity (Wildman–Crippen MR) is 114 cm³/mol. The lowest BCUT2D eigenvalue weighted by Gasteiger charge is -2.12. The molecule has 6 rings (SSSR count). The fourth-order valence-electron chi connectivity index (χ4n) is 4.32. The van der Waals surface area contributed by atoms with Crippen molar-refractivity contribution in [3.8, 4) is 22.3 Å². The lowest BCUT2D eigenvalue weighted by molar-refractivity contribution is 0.0425. The Labute approximate surface area is 181 Å². The summed E-state index contributed by atoms with van der Waals surface area (Å²) in [7, 11) is 0. The molecule has 6 nitrogen and oxygen atoms in total. The van der Waals surface area contributed by atoms with E-state index in [0.29, 0.717) is 0 Å². The van der Waals surface area contributed by atoms with Crippen molar-refractivity contribution in [2.45, 2.75) is 0 Å². The molecule has 0 fully saturated rings. The van der Waals surface area contributed by atoms with E-state index in [1.807, 2.05) is 36.4 Å². The van der Waals surface area contributed by atoms with Crippen LogP contribution in [0.15, 0.2) is 72.8 Å². The standard InChI is InChI=1S/C26H12O6/c27-23-19-9-7-13(11-21(19)25(29)31-23)15-3-1-5-17-16(4-2-6-18(15)17)14-8-10-20-22(12-14)26(30)32-24(20)28/h1-12H. The van der Waals surface area contributed by atoms with Gasteiger partial charge >= 0.3 is 23.9 Å². The molecule has 0 unspecified atom stereocenters. The lowest BCUT2D eigenvalue weighted by atomic mass is 9.91. The summed E-state index contributed by atoms with van der Waals surface area (Å²) in [5.41, 5.74) is 4.36. The van der Waals surface area contributed by atoms with E-state index in [1.165, 1.54) is 0 Å². The summed E-state index contributed by atoms with van der Waals surface area (Å²) in [6.45, 7) is 0. The Hall–Kier alpha value is -4.58. The van der Waals surface area contributed by atoms with E-state index < -0.39 is 23.9 Å². The summed E-state index contributed by atoms with van der Waals surface area (Å²) in [6.07, 6.45) is 0. The smallest absolute Gasteiger partial charge is 0.346 e. The number of rotatable bonds is 2. The summed E-state index contributed by atoms with van der Waals surface area (Å²) in [5.74, 6) is -2.56. The van der Waals surface area contributed by atoms with Crippen molar-refractivity contribution in [3.05, 3.63) is 95.1 Å². The van der Waals surface area contributed by atoms with Gasteiger partial charge in [-0.15, -0.1) is 0 Å².